The fourth-order valence-electron chi connectivity index (χ4n) is 4.12. The minimum absolute atomic E-state index is 0.332. The molecular formula is C29H34N2O7. The number of piperazine rings is 1. The van der Waals surface area contributed by atoms with Gasteiger partial charge in [-0.15, -0.1) is 0 Å². The van der Waals surface area contributed by atoms with Gasteiger partial charge in [0.2, 0.25) is 0 Å². The first-order valence-corrected chi connectivity index (χ1v) is 12.7. The summed E-state index contributed by atoms with van der Waals surface area (Å²) in [4.78, 5) is 35.5. The second-order valence-corrected chi connectivity index (χ2v) is 8.89. The minimum Gasteiger partial charge on any atom is -0.493 e. The molecular weight excluding hydrogens is 488 g/mol. The molecule has 1 saturated heterocycles. The molecule has 3 aromatic rings. The number of unbranched alkanes of at least 4 members (excludes halogenated alkanes) is 3. The summed E-state index contributed by atoms with van der Waals surface area (Å²) >= 11 is 0. The second-order valence-electron chi connectivity index (χ2n) is 8.89. The van der Waals surface area contributed by atoms with Gasteiger partial charge in [0.05, 0.1) is 6.61 Å². The van der Waals surface area contributed by atoms with Crippen molar-refractivity contribution < 1.29 is 29.0 Å². The Hall–Kier alpha value is -4.11. The second kappa shape index (κ2) is 15.2. The summed E-state index contributed by atoms with van der Waals surface area (Å²) in [5.41, 5.74) is 1.58. The summed E-state index contributed by atoms with van der Waals surface area (Å²) in [5, 5.41) is 16.5. The van der Waals surface area contributed by atoms with Crippen LogP contribution in [0.3, 0.4) is 0 Å². The number of aliphatic carboxylic acids is 2. The van der Waals surface area contributed by atoms with Crippen LogP contribution in [0.2, 0.25) is 0 Å². The molecule has 0 saturated carbocycles. The lowest BCUT2D eigenvalue weighted by Gasteiger charge is -2.36. The van der Waals surface area contributed by atoms with Crippen molar-refractivity contribution in [3.05, 3.63) is 83.2 Å². The number of carboxylic acid groups (broad SMARTS) is 2. The van der Waals surface area contributed by atoms with E-state index in [0.29, 0.717) is 24.3 Å². The number of rotatable bonds is 11. The van der Waals surface area contributed by atoms with Crippen LogP contribution in [0.4, 0.5) is 5.69 Å². The molecule has 202 valence electrons. The molecule has 0 unspecified atom stereocenters. The van der Waals surface area contributed by atoms with Gasteiger partial charge in [0.15, 0.2) is 0 Å². The van der Waals surface area contributed by atoms with Crippen LogP contribution in [-0.2, 0) is 9.59 Å². The van der Waals surface area contributed by atoms with E-state index in [9.17, 15) is 14.4 Å². The SMILES string of the molecule is O=C(O)/C=C/C(=O)O.O=c1ccc2ccc(OCCCCCCN3CCN(c4ccccc4)CC3)cc2o1. The predicted molar refractivity (Wildman–Crippen MR) is 146 cm³/mol. The number of carboxylic acids is 2. The normalized spacial score (nSPS) is 13.7. The van der Waals surface area contributed by atoms with Gasteiger partial charge in [0.25, 0.3) is 0 Å². The van der Waals surface area contributed by atoms with E-state index in [2.05, 4.69) is 40.1 Å². The Morgan fingerprint density at radius 1 is 0.842 bits per heavy atom. The third-order valence-corrected chi connectivity index (χ3v) is 6.09. The van der Waals surface area contributed by atoms with E-state index in [4.69, 9.17) is 19.4 Å². The zero-order valence-corrected chi connectivity index (χ0v) is 21.3. The number of anilines is 1. The Kier molecular flexibility index (Phi) is 11.4. The number of benzene rings is 2. The van der Waals surface area contributed by atoms with Crippen molar-refractivity contribution in [2.75, 3.05) is 44.2 Å². The molecule has 38 heavy (non-hydrogen) atoms. The molecule has 4 rings (SSSR count). The average molecular weight is 523 g/mol. The summed E-state index contributed by atoms with van der Waals surface area (Å²) in [6.45, 7) is 6.41. The van der Waals surface area contributed by atoms with Crippen molar-refractivity contribution in [2.24, 2.45) is 0 Å². The first kappa shape index (κ1) is 28.5. The number of hydrogen-bond acceptors (Lipinski definition) is 7. The summed E-state index contributed by atoms with van der Waals surface area (Å²) in [6, 6.07) is 19.6. The quantitative estimate of drug-likeness (QED) is 0.216. The van der Waals surface area contributed by atoms with E-state index in [1.165, 1.54) is 37.6 Å². The minimum atomic E-state index is -1.26. The van der Waals surface area contributed by atoms with E-state index in [1.54, 1.807) is 12.1 Å². The molecule has 0 aliphatic carbocycles. The third kappa shape index (κ3) is 10.1. The molecule has 0 spiro atoms. The highest BCUT2D eigenvalue weighted by Crippen LogP contribution is 2.20. The van der Waals surface area contributed by atoms with Crippen molar-refractivity contribution in [2.45, 2.75) is 25.7 Å². The Morgan fingerprint density at radius 2 is 1.50 bits per heavy atom. The molecule has 0 atom stereocenters. The predicted octanol–water partition coefficient (Wildman–Crippen LogP) is 4.27. The van der Waals surface area contributed by atoms with Crippen LogP contribution in [0.25, 0.3) is 11.0 Å². The molecule has 0 amide bonds. The Labute approximate surface area is 221 Å². The summed E-state index contributed by atoms with van der Waals surface area (Å²) in [7, 11) is 0. The standard InChI is InChI=1S/C25H30N2O3.C4H4O4/c28-25-13-11-21-10-12-23(20-24(21)30-25)29-19-7-2-1-6-14-26-15-17-27(18-16-26)22-8-4-3-5-9-22;5-3(6)1-2-4(7)8/h3-5,8-13,20H,1-2,6-7,14-19H2;1-2H,(H,5,6)(H,7,8)/b;2-1+. The zero-order valence-electron chi connectivity index (χ0n) is 21.3. The summed E-state index contributed by atoms with van der Waals surface area (Å²) in [6.07, 6.45) is 5.80. The molecule has 0 radical (unpaired) electrons. The van der Waals surface area contributed by atoms with Crippen LogP contribution in [0, 0.1) is 0 Å². The molecule has 1 aromatic heterocycles. The molecule has 0 bridgehead atoms. The molecule has 2 N–H and O–H groups in total. The van der Waals surface area contributed by atoms with Gasteiger partial charge in [0, 0.05) is 61.5 Å². The van der Waals surface area contributed by atoms with Gasteiger partial charge in [-0.1, -0.05) is 31.0 Å². The first-order valence-electron chi connectivity index (χ1n) is 12.7. The van der Waals surface area contributed by atoms with E-state index in [1.807, 2.05) is 12.1 Å². The largest absolute Gasteiger partial charge is 0.493 e. The average Bonchev–Trinajstić information content (AvgIpc) is 2.92. The number of ether oxygens (including phenoxy) is 1. The maximum Gasteiger partial charge on any atom is 0.336 e. The summed E-state index contributed by atoms with van der Waals surface area (Å²) in [5.74, 6) is -1.76. The van der Waals surface area contributed by atoms with E-state index < -0.39 is 11.9 Å². The first-order chi connectivity index (χ1) is 18.4. The highest BCUT2D eigenvalue weighted by atomic mass is 16.5. The van der Waals surface area contributed by atoms with E-state index in [-0.39, 0.29) is 5.63 Å². The van der Waals surface area contributed by atoms with E-state index in [0.717, 1.165) is 43.7 Å². The van der Waals surface area contributed by atoms with Crippen LogP contribution < -0.4 is 15.3 Å². The topological polar surface area (TPSA) is 121 Å². The summed E-state index contributed by atoms with van der Waals surface area (Å²) < 4.78 is 11.0. The third-order valence-electron chi connectivity index (χ3n) is 6.09. The Balaban J connectivity index is 0.000000436. The van der Waals surface area contributed by atoms with Gasteiger partial charge in [-0.3, -0.25) is 4.90 Å². The molecule has 2 aromatic carbocycles. The van der Waals surface area contributed by atoms with Crippen molar-refractivity contribution in [3.8, 4) is 5.75 Å². The van der Waals surface area contributed by atoms with Crippen molar-refractivity contribution in [3.63, 3.8) is 0 Å². The van der Waals surface area contributed by atoms with Crippen LogP contribution in [-0.4, -0.2) is 66.4 Å². The molecule has 1 aliphatic heterocycles. The van der Waals surface area contributed by atoms with Crippen LogP contribution >= 0.6 is 0 Å². The van der Waals surface area contributed by atoms with Crippen molar-refractivity contribution >= 4 is 28.6 Å². The van der Waals surface area contributed by atoms with Crippen LogP contribution in [0.15, 0.2) is 82.0 Å². The highest BCUT2D eigenvalue weighted by molar-refractivity contribution is 5.89. The van der Waals surface area contributed by atoms with Crippen molar-refractivity contribution in [1.29, 1.82) is 0 Å². The molecule has 2 heterocycles. The van der Waals surface area contributed by atoms with Gasteiger partial charge in [-0.2, -0.15) is 0 Å². The van der Waals surface area contributed by atoms with Crippen LogP contribution in [0.1, 0.15) is 25.7 Å². The number of hydrogen-bond donors (Lipinski definition) is 2. The van der Waals surface area contributed by atoms with Gasteiger partial charge >= 0.3 is 17.6 Å². The molecule has 1 aliphatic rings. The number of para-hydroxylation sites is 1. The monoisotopic (exact) mass is 522 g/mol. The lowest BCUT2D eigenvalue weighted by atomic mass is 10.2. The van der Waals surface area contributed by atoms with Gasteiger partial charge < -0.3 is 24.3 Å². The highest BCUT2D eigenvalue weighted by Gasteiger charge is 2.16. The maximum atomic E-state index is 11.3. The fraction of sp³-hybridized carbons (Fsp3) is 0.345. The fourth-order valence-corrected chi connectivity index (χ4v) is 4.12. The smallest absolute Gasteiger partial charge is 0.336 e. The Morgan fingerprint density at radius 3 is 2.18 bits per heavy atom. The van der Waals surface area contributed by atoms with Gasteiger partial charge in [-0.25, -0.2) is 14.4 Å². The van der Waals surface area contributed by atoms with Crippen molar-refractivity contribution in [1.82, 2.24) is 4.90 Å². The van der Waals surface area contributed by atoms with Crippen LogP contribution in [0.5, 0.6) is 5.75 Å². The molecule has 1 fully saturated rings. The van der Waals surface area contributed by atoms with Gasteiger partial charge in [0.1, 0.15) is 11.3 Å². The zero-order chi connectivity index (χ0) is 27.2. The number of carbonyl (C=O) groups is 2. The maximum absolute atomic E-state index is 11.3. The number of nitrogens with zero attached hydrogens (tertiary/aromatic N) is 2. The van der Waals surface area contributed by atoms with E-state index >= 15 is 0 Å². The Bertz CT molecular complexity index is 1230. The lowest BCUT2D eigenvalue weighted by Crippen LogP contribution is -2.46. The molecule has 9 heteroatoms. The van der Waals surface area contributed by atoms with Gasteiger partial charge in [-0.05, 0) is 49.7 Å². The number of fused-ring (bicyclic) bond motifs is 1. The molecule has 9 nitrogen and oxygen atoms in total. The lowest BCUT2D eigenvalue weighted by molar-refractivity contribution is -0.134.